The highest BCUT2D eigenvalue weighted by molar-refractivity contribution is 5.94. The smallest absolute Gasteiger partial charge is 0.408 e. The fraction of sp³-hybridized carbons (Fsp3) is 0.500. The third kappa shape index (κ3) is 11.4. The minimum absolute atomic E-state index is 0.0535. The average Bonchev–Trinajstić information content (AvgIpc) is 2.91. The maximum Gasteiger partial charge on any atom is 0.408 e. The molecule has 4 amide bonds. The molecule has 5 N–H and O–H groups in total. The molecule has 42 heavy (non-hydrogen) atoms. The molecule has 2 unspecified atom stereocenters. The van der Waals surface area contributed by atoms with Gasteiger partial charge in [0.2, 0.25) is 17.7 Å². The van der Waals surface area contributed by atoms with E-state index < -0.39 is 47.9 Å². The molecule has 0 spiro atoms. The minimum Gasteiger partial charge on any atom is -0.508 e. The zero-order chi connectivity index (χ0) is 31.3. The number of amides is 4. The number of nitrogens with zero attached hydrogens (tertiary/aromatic N) is 1. The highest BCUT2D eigenvalue weighted by atomic mass is 16.6. The number of nitrogens with one attached hydrogen (secondary N) is 2. The number of phenols is 1. The zero-order valence-corrected chi connectivity index (χ0v) is 25.4. The number of primary amides is 1. The first-order chi connectivity index (χ1) is 19.8. The lowest BCUT2D eigenvalue weighted by Gasteiger charge is -2.34. The number of nitrogens with two attached hydrogens (primary N) is 1. The van der Waals surface area contributed by atoms with Crippen LogP contribution < -0.4 is 16.4 Å². The van der Waals surface area contributed by atoms with E-state index in [0.717, 1.165) is 31.2 Å². The Morgan fingerprint density at radius 3 is 2.26 bits per heavy atom. The van der Waals surface area contributed by atoms with E-state index in [2.05, 4.69) is 17.6 Å². The normalized spacial score (nSPS) is 12.6. The van der Waals surface area contributed by atoms with E-state index in [9.17, 15) is 24.3 Å². The predicted octanol–water partition coefficient (Wildman–Crippen LogP) is 4.63. The van der Waals surface area contributed by atoms with Crippen LogP contribution in [0.15, 0.2) is 48.5 Å². The predicted molar refractivity (Wildman–Crippen MR) is 161 cm³/mol. The third-order valence-corrected chi connectivity index (χ3v) is 6.59. The van der Waals surface area contributed by atoms with Crippen LogP contribution in [0.3, 0.4) is 0 Å². The monoisotopic (exact) mass is 582 g/mol. The Kier molecular flexibility index (Phi) is 13.3. The molecule has 2 rings (SSSR count). The van der Waals surface area contributed by atoms with Crippen molar-refractivity contribution in [1.29, 1.82) is 0 Å². The van der Waals surface area contributed by atoms with E-state index in [0.29, 0.717) is 17.5 Å². The number of hydrogen-bond acceptors (Lipinski definition) is 6. The summed E-state index contributed by atoms with van der Waals surface area (Å²) in [6.45, 7) is 9.27. The molecule has 230 valence electrons. The molecule has 10 nitrogen and oxygen atoms in total. The van der Waals surface area contributed by atoms with E-state index >= 15 is 0 Å². The van der Waals surface area contributed by atoms with E-state index in [1.165, 1.54) is 11.0 Å². The van der Waals surface area contributed by atoms with Gasteiger partial charge in [-0.05, 0) is 62.9 Å². The molecule has 0 radical (unpaired) electrons. The van der Waals surface area contributed by atoms with Crippen LogP contribution in [0.2, 0.25) is 0 Å². The number of unbranched alkanes of at least 4 members (excludes halogenated alkanes) is 4. The first-order valence-electron chi connectivity index (χ1n) is 14.5. The van der Waals surface area contributed by atoms with Crippen LogP contribution in [0.25, 0.3) is 0 Å². The van der Waals surface area contributed by atoms with Gasteiger partial charge in [0.15, 0.2) is 0 Å². The number of ether oxygens (including phenoxy) is 1. The second-order valence-corrected chi connectivity index (χ2v) is 11.5. The Morgan fingerprint density at radius 1 is 1.00 bits per heavy atom. The Hall–Kier alpha value is -4.08. The molecule has 0 aliphatic rings. The minimum atomic E-state index is -1.35. The van der Waals surface area contributed by atoms with Crippen molar-refractivity contribution in [3.63, 3.8) is 0 Å². The lowest BCUT2D eigenvalue weighted by Crippen LogP contribution is -2.54. The first-order valence-corrected chi connectivity index (χ1v) is 14.5. The van der Waals surface area contributed by atoms with Crippen molar-refractivity contribution in [2.24, 2.45) is 5.73 Å². The summed E-state index contributed by atoms with van der Waals surface area (Å²) in [6, 6.07) is 11.6. The maximum absolute atomic E-state index is 14.2. The van der Waals surface area contributed by atoms with E-state index in [1.807, 2.05) is 30.3 Å². The van der Waals surface area contributed by atoms with Crippen molar-refractivity contribution in [1.82, 2.24) is 15.5 Å². The number of alkyl carbamates (subject to hydrolysis) is 1. The summed E-state index contributed by atoms with van der Waals surface area (Å²) in [7, 11) is 0. The summed E-state index contributed by atoms with van der Waals surface area (Å²) in [5.41, 5.74) is 6.52. The molecular weight excluding hydrogens is 536 g/mol. The summed E-state index contributed by atoms with van der Waals surface area (Å²) in [4.78, 5) is 54.1. The molecule has 10 heteroatoms. The van der Waals surface area contributed by atoms with Gasteiger partial charge >= 0.3 is 6.09 Å². The summed E-state index contributed by atoms with van der Waals surface area (Å²) in [5, 5.41) is 15.6. The summed E-state index contributed by atoms with van der Waals surface area (Å²) >= 11 is 0. The van der Waals surface area contributed by atoms with Gasteiger partial charge in [-0.25, -0.2) is 4.79 Å². The molecule has 0 fully saturated rings. The molecule has 2 atom stereocenters. The van der Waals surface area contributed by atoms with Crippen LogP contribution in [0.4, 0.5) is 4.79 Å². The fourth-order valence-corrected chi connectivity index (χ4v) is 4.51. The van der Waals surface area contributed by atoms with Crippen molar-refractivity contribution < 1.29 is 29.0 Å². The van der Waals surface area contributed by atoms with Crippen molar-refractivity contribution in [2.45, 2.75) is 97.4 Å². The molecule has 0 aliphatic heterocycles. The van der Waals surface area contributed by atoms with E-state index in [4.69, 9.17) is 10.5 Å². The quantitative estimate of drug-likeness (QED) is 0.225. The molecule has 0 saturated carbocycles. The molecular formula is C32H46N4O6. The lowest BCUT2D eigenvalue weighted by atomic mass is 9.99. The molecule has 2 aromatic rings. The molecule has 0 saturated heterocycles. The molecule has 0 heterocycles. The largest absolute Gasteiger partial charge is 0.508 e. The second-order valence-electron chi connectivity index (χ2n) is 11.5. The number of carbonyl (C=O) groups excluding carboxylic acids is 4. The van der Waals surface area contributed by atoms with Crippen LogP contribution in [0.5, 0.6) is 5.75 Å². The Morgan fingerprint density at radius 2 is 1.67 bits per heavy atom. The van der Waals surface area contributed by atoms with Crippen molar-refractivity contribution >= 4 is 23.8 Å². The van der Waals surface area contributed by atoms with Crippen molar-refractivity contribution in [3.05, 3.63) is 65.2 Å². The van der Waals surface area contributed by atoms with Gasteiger partial charge < -0.3 is 31.1 Å². The highest BCUT2D eigenvalue weighted by Crippen LogP contribution is 2.28. The SMILES string of the molecule is CCCCCCCN(C(=O)C(CC(N)=O)NC(=O)OC(C)(C)C)C(C(=O)NCc1ccccc1)c1ccc(O)c(C)c1. The number of aryl methyl sites for hydroxylation is 1. The van der Waals surface area contributed by atoms with Gasteiger partial charge in [-0.2, -0.15) is 0 Å². The first kappa shape index (κ1) is 34.1. The van der Waals surface area contributed by atoms with Crippen LogP contribution >= 0.6 is 0 Å². The van der Waals surface area contributed by atoms with Gasteiger partial charge in [0, 0.05) is 13.1 Å². The van der Waals surface area contributed by atoms with Crippen molar-refractivity contribution in [2.75, 3.05) is 6.54 Å². The second kappa shape index (κ2) is 16.4. The van der Waals surface area contributed by atoms with Crippen LogP contribution in [0.1, 0.15) is 89.0 Å². The van der Waals surface area contributed by atoms with Gasteiger partial charge in [0.25, 0.3) is 0 Å². The van der Waals surface area contributed by atoms with E-state index in [-0.39, 0.29) is 18.8 Å². The number of hydrogen-bond donors (Lipinski definition) is 4. The molecule has 0 bridgehead atoms. The molecule has 0 aliphatic carbocycles. The van der Waals surface area contributed by atoms with Crippen molar-refractivity contribution in [3.8, 4) is 5.75 Å². The fourth-order valence-electron chi connectivity index (χ4n) is 4.51. The number of benzene rings is 2. The number of phenolic OH excluding ortho intramolecular Hbond substituents is 1. The average molecular weight is 583 g/mol. The Labute approximate surface area is 249 Å². The molecule has 2 aromatic carbocycles. The van der Waals surface area contributed by atoms with Gasteiger partial charge in [0.05, 0.1) is 6.42 Å². The van der Waals surface area contributed by atoms with Crippen LogP contribution in [0, 0.1) is 6.92 Å². The Balaban J connectivity index is 2.51. The van der Waals surface area contributed by atoms with Crippen LogP contribution in [-0.4, -0.2) is 52.0 Å². The number of aromatic hydroxyl groups is 1. The van der Waals surface area contributed by atoms with Gasteiger partial charge in [-0.1, -0.05) is 69.0 Å². The number of carbonyl (C=O) groups is 4. The molecule has 0 aromatic heterocycles. The van der Waals surface area contributed by atoms with Crippen LogP contribution in [-0.2, 0) is 25.7 Å². The van der Waals surface area contributed by atoms with Gasteiger partial charge in [0.1, 0.15) is 23.4 Å². The maximum atomic E-state index is 14.2. The number of rotatable bonds is 15. The van der Waals surface area contributed by atoms with Gasteiger partial charge in [-0.15, -0.1) is 0 Å². The van der Waals surface area contributed by atoms with E-state index in [1.54, 1.807) is 39.8 Å². The van der Waals surface area contributed by atoms with Gasteiger partial charge in [-0.3, -0.25) is 14.4 Å². The lowest BCUT2D eigenvalue weighted by molar-refractivity contribution is -0.143. The summed E-state index contributed by atoms with van der Waals surface area (Å²) < 4.78 is 5.33. The highest BCUT2D eigenvalue weighted by Gasteiger charge is 2.37. The Bertz CT molecular complexity index is 1200. The third-order valence-electron chi connectivity index (χ3n) is 6.59. The summed E-state index contributed by atoms with van der Waals surface area (Å²) in [6.07, 6.45) is 3.11. The summed E-state index contributed by atoms with van der Waals surface area (Å²) in [5.74, 6) is -1.82. The topological polar surface area (TPSA) is 151 Å². The standard InChI is InChI=1S/C32H46N4O6/c1-6-7-8-9-13-18-36(30(40)25(20-27(33)38)35-31(41)42-32(3,4)5)28(24-16-17-26(37)22(2)19-24)29(39)34-21-23-14-11-10-12-15-23/h10-12,14-17,19,25,28,37H,6-9,13,18,20-21H2,1-5H3,(H2,33,38)(H,34,39)(H,35,41). The zero-order valence-electron chi connectivity index (χ0n) is 25.4.